The lowest BCUT2D eigenvalue weighted by atomic mass is 9.98. The maximum atomic E-state index is 12.3. The van der Waals surface area contributed by atoms with Crippen LogP contribution in [0.4, 0.5) is 4.79 Å². The molecule has 2 aromatic rings. The average Bonchev–Trinajstić information content (AvgIpc) is 2.73. The van der Waals surface area contributed by atoms with Crippen LogP contribution >= 0.6 is 0 Å². The Morgan fingerprint density at radius 2 is 1.65 bits per heavy atom. The zero-order valence-electron chi connectivity index (χ0n) is 17.8. The number of carbonyl (C=O) groups is 3. The van der Waals surface area contributed by atoms with E-state index in [1.165, 1.54) is 0 Å². The van der Waals surface area contributed by atoms with E-state index >= 15 is 0 Å². The molecule has 0 bridgehead atoms. The first-order valence-electron chi connectivity index (χ1n) is 9.89. The summed E-state index contributed by atoms with van der Waals surface area (Å²) < 4.78 is 10.9. The van der Waals surface area contributed by atoms with Crippen LogP contribution in [0, 0.1) is 6.92 Å². The second-order valence-electron chi connectivity index (χ2n) is 6.82. The zero-order valence-corrected chi connectivity index (χ0v) is 17.8. The Hall–Kier alpha value is -3.75. The maximum absolute atomic E-state index is 12.3. The SMILES string of the molecule is CCOc1ccc(OC(C)C(=O)NNC(=O)CC(NC(N)=O)c2ccccc2C)cc1. The Balaban J connectivity index is 1.88. The molecule has 0 saturated heterocycles. The highest BCUT2D eigenvalue weighted by molar-refractivity contribution is 5.85. The Morgan fingerprint density at radius 3 is 2.26 bits per heavy atom. The van der Waals surface area contributed by atoms with Gasteiger partial charge in [-0.05, 0) is 56.2 Å². The summed E-state index contributed by atoms with van der Waals surface area (Å²) in [6, 6.07) is 12.8. The zero-order chi connectivity index (χ0) is 22.8. The van der Waals surface area contributed by atoms with Gasteiger partial charge in [-0.2, -0.15) is 0 Å². The van der Waals surface area contributed by atoms with E-state index in [1.807, 2.05) is 26.0 Å². The van der Waals surface area contributed by atoms with Crippen molar-refractivity contribution < 1.29 is 23.9 Å². The van der Waals surface area contributed by atoms with Gasteiger partial charge in [0.05, 0.1) is 19.1 Å². The minimum absolute atomic E-state index is 0.109. The van der Waals surface area contributed by atoms with E-state index < -0.39 is 30.0 Å². The fourth-order valence-corrected chi connectivity index (χ4v) is 2.90. The fourth-order valence-electron chi connectivity index (χ4n) is 2.90. The molecule has 166 valence electrons. The third-order valence-corrected chi connectivity index (χ3v) is 4.41. The summed E-state index contributed by atoms with van der Waals surface area (Å²) in [4.78, 5) is 35.9. The van der Waals surface area contributed by atoms with Gasteiger partial charge in [0.1, 0.15) is 11.5 Å². The van der Waals surface area contributed by atoms with Crippen LogP contribution in [0.25, 0.3) is 0 Å². The van der Waals surface area contributed by atoms with Crippen LogP contribution < -0.4 is 31.4 Å². The van der Waals surface area contributed by atoms with Crippen LogP contribution in [0.15, 0.2) is 48.5 Å². The summed E-state index contributed by atoms with van der Waals surface area (Å²) in [5.41, 5.74) is 11.6. The number of hydrazine groups is 1. The number of rotatable bonds is 9. The predicted octanol–water partition coefficient (Wildman–Crippen LogP) is 2.11. The topological polar surface area (TPSA) is 132 Å². The second kappa shape index (κ2) is 11.4. The van der Waals surface area contributed by atoms with Gasteiger partial charge in [0.25, 0.3) is 5.91 Å². The van der Waals surface area contributed by atoms with Crippen molar-refractivity contribution in [1.82, 2.24) is 16.2 Å². The largest absolute Gasteiger partial charge is 0.494 e. The van der Waals surface area contributed by atoms with Gasteiger partial charge in [-0.1, -0.05) is 24.3 Å². The molecule has 5 N–H and O–H groups in total. The third kappa shape index (κ3) is 7.54. The molecule has 31 heavy (non-hydrogen) atoms. The van der Waals surface area contributed by atoms with Gasteiger partial charge in [-0.3, -0.25) is 20.4 Å². The number of nitrogens with two attached hydrogens (primary N) is 1. The second-order valence-corrected chi connectivity index (χ2v) is 6.82. The van der Waals surface area contributed by atoms with Crippen molar-refractivity contribution in [1.29, 1.82) is 0 Å². The molecule has 0 heterocycles. The van der Waals surface area contributed by atoms with Crippen molar-refractivity contribution in [2.24, 2.45) is 5.73 Å². The number of hydrogen-bond acceptors (Lipinski definition) is 5. The minimum Gasteiger partial charge on any atom is -0.494 e. The van der Waals surface area contributed by atoms with Gasteiger partial charge in [0, 0.05) is 0 Å². The Morgan fingerprint density at radius 1 is 1.00 bits per heavy atom. The molecule has 2 atom stereocenters. The molecule has 2 aromatic carbocycles. The van der Waals surface area contributed by atoms with E-state index in [0.29, 0.717) is 18.1 Å². The number of amides is 4. The molecule has 9 nitrogen and oxygen atoms in total. The van der Waals surface area contributed by atoms with E-state index in [0.717, 1.165) is 11.1 Å². The number of urea groups is 1. The number of ether oxygens (including phenoxy) is 2. The molecule has 0 spiro atoms. The van der Waals surface area contributed by atoms with Gasteiger partial charge in [-0.25, -0.2) is 4.79 Å². The minimum atomic E-state index is -0.853. The Labute approximate surface area is 181 Å². The lowest BCUT2D eigenvalue weighted by Crippen LogP contribution is -2.48. The first-order valence-corrected chi connectivity index (χ1v) is 9.89. The molecular weight excluding hydrogens is 400 g/mol. The molecule has 0 aliphatic carbocycles. The first-order chi connectivity index (χ1) is 14.8. The molecule has 0 radical (unpaired) electrons. The van der Waals surface area contributed by atoms with Crippen LogP contribution in [0.5, 0.6) is 11.5 Å². The molecule has 0 aliphatic heterocycles. The number of hydrogen-bond donors (Lipinski definition) is 4. The molecule has 0 saturated carbocycles. The van der Waals surface area contributed by atoms with E-state index in [-0.39, 0.29) is 6.42 Å². The quantitative estimate of drug-likeness (QED) is 0.454. The smallest absolute Gasteiger partial charge is 0.312 e. The summed E-state index contributed by atoms with van der Waals surface area (Å²) in [6.07, 6.45) is -0.962. The highest BCUT2D eigenvalue weighted by atomic mass is 16.5. The van der Waals surface area contributed by atoms with Crippen LogP contribution in [0.1, 0.15) is 37.4 Å². The standard InChI is InChI=1S/C22H28N4O5/c1-4-30-16-9-11-17(12-10-16)31-15(3)21(28)26-25-20(27)13-19(24-22(23)29)18-8-6-5-7-14(18)2/h5-12,15,19H,4,13H2,1-3H3,(H,25,27)(H,26,28)(H3,23,24,29). The van der Waals surface area contributed by atoms with E-state index in [1.54, 1.807) is 43.3 Å². The molecule has 4 amide bonds. The first kappa shape index (κ1) is 23.5. The van der Waals surface area contributed by atoms with Crippen molar-refractivity contribution in [3.63, 3.8) is 0 Å². The summed E-state index contributed by atoms with van der Waals surface area (Å²) in [5.74, 6) is 0.163. The van der Waals surface area contributed by atoms with Crippen LogP contribution in [0.3, 0.4) is 0 Å². The van der Waals surface area contributed by atoms with Crippen molar-refractivity contribution in [2.45, 2.75) is 39.3 Å². The summed E-state index contributed by atoms with van der Waals surface area (Å²) >= 11 is 0. The molecule has 2 rings (SSSR count). The van der Waals surface area contributed by atoms with E-state index in [2.05, 4.69) is 16.2 Å². The molecular formula is C22H28N4O5. The van der Waals surface area contributed by atoms with Crippen LogP contribution in [0.2, 0.25) is 0 Å². The Bertz CT molecular complexity index is 901. The van der Waals surface area contributed by atoms with Gasteiger partial charge < -0.3 is 20.5 Å². The van der Waals surface area contributed by atoms with Gasteiger partial charge in [0.2, 0.25) is 5.91 Å². The van der Waals surface area contributed by atoms with Crippen molar-refractivity contribution >= 4 is 17.8 Å². The van der Waals surface area contributed by atoms with E-state index in [9.17, 15) is 14.4 Å². The fraction of sp³-hybridized carbons (Fsp3) is 0.318. The number of carbonyl (C=O) groups excluding carboxylic acids is 3. The highest BCUT2D eigenvalue weighted by Crippen LogP contribution is 2.21. The van der Waals surface area contributed by atoms with Crippen molar-refractivity contribution in [3.8, 4) is 11.5 Å². The highest BCUT2D eigenvalue weighted by Gasteiger charge is 2.20. The molecule has 2 unspecified atom stereocenters. The normalized spacial score (nSPS) is 12.2. The van der Waals surface area contributed by atoms with Gasteiger partial charge >= 0.3 is 6.03 Å². The van der Waals surface area contributed by atoms with Crippen molar-refractivity contribution in [3.05, 3.63) is 59.7 Å². The van der Waals surface area contributed by atoms with E-state index in [4.69, 9.17) is 15.2 Å². The molecule has 9 heteroatoms. The van der Waals surface area contributed by atoms with Crippen LogP contribution in [-0.2, 0) is 9.59 Å². The van der Waals surface area contributed by atoms with Gasteiger partial charge in [-0.15, -0.1) is 0 Å². The lowest BCUT2D eigenvalue weighted by molar-refractivity contribution is -0.132. The predicted molar refractivity (Wildman–Crippen MR) is 115 cm³/mol. The summed E-state index contributed by atoms with van der Waals surface area (Å²) in [5, 5.41) is 2.55. The summed E-state index contributed by atoms with van der Waals surface area (Å²) in [6.45, 7) is 5.87. The molecule has 0 fully saturated rings. The molecule has 0 aliphatic rings. The van der Waals surface area contributed by atoms with Crippen molar-refractivity contribution in [2.75, 3.05) is 6.61 Å². The number of primary amides is 1. The van der Waals surface area contributed by atoms with Crippen LogP contribution in [-0.4, -0.2) is 30.6 Å². The summed E-state index contributed by atoms with van der Waals surface area (Å²) in [7, 11) is 0. The molecule has 0 aromatic heterocycles. The monoisotopic (exact) mass is 428 g/mol. The Kier molecular flexibility index (Phi) is 8.68. The number of aryl methyl sites for hydroxylation is 1. The average molecular weight is 428 g/mol. The lowest BCUT2D eigenvalue weighted by Gasteiger charge is -2.20. The number of nitrogens with one attached hydrogen (secondary N) is 3. The number of benzene rings is 2. The third-order valence-electron chi connectivity index (χ3n) is 4.41. The maximum Gasteiger partial charge on any atom is 0.312 e. The van der Waals surface area contributed by atoms with Gasteiger partial charge in [0.15, 0.2) is 6.10 Å².